The number of aromatic nitrogens is 1. The van der Waals surface area contributed by atoms with Crippen molar-refractivity contribution >= 4 is 17.7 Å². The summed E-state index contributed by atoms with van der Waals surface area (Å²) >= 11 is 1.65. The zero-order valence-electron chi connectivity index (χ0n) is 18.8. The van der Waals surface area contributed by atoms with Gasteiger partial charge in [-0.15, -0.1) is 11.8 Å². The maximum absolute atomic E-state index is 10.7. The molecule has 1 N–H and O–H groups in total. The Morgan fingerprint density at radius 1 is 0.939 bits per heavy atom. The van der Waals surface area contributed by atoms with E-state index in [1.807, 2.05) is 38.1 Å². The fourth-order valence-electron chi connectivity index (χ4n) is 3.40. The monoisotopic (exact) mass is 459 g/mol. The highest BCUT2D eigenvalue weighted by molar-refractivity contribution is 7.98. The summed E-state index contributed by atoms with van der Waals surface area (Å²) in [4.78, 5) is 16.5. The summed E-state index contributed by atoms with van der Waals surface area (Å²) in [6.07, 6.45) is 0. The highest BCUT2D eigenvalue weighted by Crippen LogP contribution is 2.31. The van der Waals surface area contributed by atoms with E-state index in [0.717, 1.165) is 33.0 Å². The van der Waals surface area contributed by atoms with Gasteiger partial charge in [-0.3, -0.25) is 0 Å². The minimum Gasteiger partial charge on any atom is -0.482 e. The van der Waals surface area contributed by atoms with E-state index in [-0.39, 0.29) is 6.61 Å². The molecule has 1 aromatic heterocycles. The van der Waals surface area contributed by atoms with Crippen LogP contribution < -0.4 is 4.74 Å². The topological polar surface area (TPSA) is 72.6 Å². The molecule has 0 unspecified atom stereocenters. The number of hydrogen-bond acceptors (Lipinski definition) is 5. The first kappa shape index (κ1) is 22.7. The van der Waals surface area contributed by atoms with E-state index in [2.05, 4.69) is 43.3 Å². The van der Waals surface area contributed by atoms with Gasteiger partial charge in [-0.2, -0.15) is 0 Å². The van der Waals surface area contributed by atoms with Gasteiger partial charge in [0.15, 0.2) is 6.61 Å². The maximum Gasteiger partial charge on any atom is 0.341 e. The first-order valence-corrected chi connectivity index (χ1v) is 11.6. The molecule has 0 saturated heterocycles. The molecule has 0 bridgehead atoms. The number of thioether (sulfide) groups is 1. The number of carboxylic acids is 1. The van der Waals surface area contributed by atoms with Crippen LogP contribution in [0.25, 0.3) is 22.6 Å². The first-order chi connectivity index (χ1) is 15.9. The summed E-state index contributed by atoms with van der Waals surface area (Å²) in [7, 11) is 0. The summed E-state index contributed by atoms with van der Waals surface area (Å²) in [5.41, 5.74) is 6.33. The molecule has 0 aliphatic carbocycles. The Labute approximate surface area is 197 Å². The van der Waals surface area contributed by atoms with Crippen molar-refractivity contribution in [2.45, 2.75) is 31.4 Å². The van der Waals surface area contributed by atoms with Crippen molar-refractivity contribution in [3.05, 3.63) is 89.3 Å². The Morgan fingerprint density at radius 3 is 2.21 bits per heavy atom. The van der Waals surface area contributed by atoms with Crippen molar-refractivity contribution in [2.24, 2.45) is 0 Å². The lowest BCUT2D eigenvalue weighted by Crippen LogP contribution is -2.09. The van der Waals surface area contributed by atoms with Gasteiger partial charge >= 0.3 is 5.97 Å². The summed E-state index contributed by atoms with van der Waals surface area (Å²) in [6.45, 7) is 5.57. The van der Waals surface area contributed by atoms with E-state index < -0.39 is 5.97 Å². The van der Waals surface area contributed by atoms with Crippen LogP contribution in [0.4, 0.5) is 0 Å². The molecule has 1 heterocycles. The van der Waals surface area contributed by atoms with Crippen molar-refractivity contribution in [2.75, 3.05) is 6.61 Å². The molecular formula is C27H25NO4S. The Balaban J connectivity index is 1.43. The summed E-state index contributed by atoms with van der Waals surface area (Å²) < 4.78 is 11.2. The lowest BCUT2D eigenvalue weighted by molar-refractivity contribution is -0.139. The molecule has 0 fully saturated rings. The SMILES string of the molecule is Cc1ccc(-c2ccc(-c3nc(CSc4ccc(OCC(=O)O)c(C)c4)c(C)o3)cc2)cc1. The fourth-order valence-corrected chi connectivity index (χ4v) is 4.40. The number of oxazole rings is 1. The smallest absolute Gasteiger partial charge is 0.341 e. The minimum absolute atomic E-state index is 0.347. The lowest BCUT2D eigenvalue weighted by Gasteiger charge is -2.08. The van der Waals surface area contributed by atoms with Crippen LogP contribution in [0.15, 0.2) is 76.0 Å². The molecule has 3 aromatic carbocycles. The van der Waals surface area contributed by atoms with Crippen LogP contribution in [0.5, 0.6) is 5.75 Å². The molecule has 0 atom stereocenters. The average molecular weight is 460 g/mol. The molecule has 5 nitrogen and oxygen atoms in total. The van der Waals surface area contributed by atoms with Crippen LogP contribution in [0.1, 0.15) is 22.6 Å². The Hall–Kier alpha value is -3.51. The van der Waals surface area contributed by atoms with Crippen LogP contribution >= 0.6 is 11.8 Å². The average Bonchev–Trinajstić information content (AvgIpc) is 3.18. The molecule has 168 valence electrons. The number of carbonyl (C=O) groups is 1. The third kappa shape index (κ3) is 5.65. The zero-order valence-corrected chi connectivity index (χ0v) is 19.6. The summed E-state index contributed by atoms with van der Waals surface area (Å²) in [5.74, 6) is 1.68. The predicted molar refractivity (Wildman–Crippen MR) is 131 cm³/mol. The largest absolute Gasteiger partial charge is 0.482 e. The summed E-state index contributed by atoms with van der Waals surface area (Å²) in [5, 5.41) is 8.77. The number of aryl methyl sites for hydroxylation is 3. The van der Waals surface area contributed by atoms with Gasteiger partial charge in [0.05, 0.1) is 5.69 Å². The predicted octanol–water partition coefficient (Wildman–Crippen LogP) is 6.69. The fraction of sp³-hybridized carbons (Fsp3) is 0.185. The number of benzene rings is 3. The number of carboxylic acid groups (broad SMARTS) is 1. The van der Waals surface area contributed by atoms with E-state index >= 15 is 0 Å². The number of rotatable bonds is 8. The molecule has 33 heavy (non-hydrogen) atoms. The highest BCUT2D eigenvalue weighted by Gasteiger charge is 2.13. The van der Waals surface area contributed by atoms with Gasteiger partial charge in [0.25, 0.3) is 0 Å². The van der Waals surface area contributed by atoms with Crippen molar-refractivity contribution < 1.29 is 19.1 Å². The zero-order chi connectivity index (χ0) is 23.4. The Bertz CT molecular complexity index is 1260. The Morgan fingerprint density at radius 2 is 1.58 bits per heavy atom. The van der Waals surface area contributed by atoms with E-state index in [9.17, 15) is 4.79 Å². The molecule has 0 saturated carbocycles. The van der Waals surface area contributed by atoms with Crippen molar-refractivity contribution in [3.63, 3.8) is 0 Å². The molecule has 4 rings (SSSR count). The summed E-state index contributed by atoms with van der Waals surface area (Å²) in [6, 6.07) is 22.4. The molecular weight excluding hydrogens is 434 g/mol. The van der Waals surface area contributed by atoms with Crippen LogP contribution in [0, 0.1) is 20.8 Å². The normalized spacial score (nSPS) is 10.9. The van der Waals surface area contributed by atoms with E-state index in [0.29, 0.717) is 17.4 Å². The molecule has 6 heteroatoms. The van der Waals surface area contributed by atoms with Gasteiger partial charge in [0, 0.05) is 16.2 Å². The number of hydrogen-bond donors (Lipinski definition) is 1. The minimum atomic E-state index is -0.991. The van der Waals surface area contributed by atoms with E-state index in [1.54, 1.807) is 17.8 Å². The van der Waals surface area contributed by atoms with E-state index in [1.165, 1.54) is 11.1 Å². The van der Waals surface area contributed by atoms with Crippen molar-refractivity contribution in [1.82, 2.24) is 4.98 Å². The molecule has 4 aromatic rings. The number of aliphatic carboxylic acids is 1. The van der Waals surface area contributed by atoms with Crippen LogP contribution in [0.2, 0.25) is 0 Å². The molecule has 0 aliphatic heterocycles. The third-order valence-corrected chi connectivity index (χ3v) is 6.29. The molecule has 0 aliphatic rings. The lowest BCUT2D eigenvalue weighted by atomic mass is 10.0. The van der Waals surface area contributed by atoms with Gasteiger partial charge in [0.1, 0.15) is 11.5 Å². The van der Waals surface area contributed by atoms with Gasteiger partial charge in [0.2, 0.25) is 5.89 Å². The Kier molecular flexibility index (Phi) is 6.84. The second kappa shape index (κ2) is 9.96. The van der Waals surface area contributed by atoms with Gasteiger partial charge < -0.3 is 14.3 Å². The highest BCUT2D eigenvalue weighted by atomic mass is 32.2. The number of nitrogens with zero attached hydrogens (tertiary/aromatic N) is 1. The standard InChI is InChI=1S/C27H25NO4S/c1-17-4-6-20(7-5-17)21-8-10-22(11-9-21)27-28-24(19(3)32-27)16-33-23-12-13-25(18(2)14-23)31-15-26(29)30/h4-14H,15-16H2,1-3H3,(H,29,30). The molecule has 0 amide bonds. The van der Waals surface area contributed by atoms with Gasteiger partial charge in [-0.25, -0.2) is 9.78 Å². The van der Waals surface area contributed by atoms with Crippen LogP contribution in [0.3, 0.4) is 0 Å². The van der Waals surface area contributed by atoms with Gasteiger partial charge in [-0.1, -0.05) is 42.0 Å². The van der Waals surface area contributed by atoms with Gasteiger partial charge in [-0.05, 0) is 67.8 Å². The molecule has 0 radical (unpaired) electrons. The first-order valence-electron chi connectivity index (χ1n) is 10.6. The second-order valence-corrected chi connectivity index (χ2v) is 8.91. The number of ether oxygens (including phenoxy) is 1. The van der Waals surface area contributed by atoms with E-state index in [4.69, 9.17) is 19.2 Å². The quantitative estimate of drug-likeness (QED) is 0.296. The van der Waals surface area contributed by atoms with Crippen molar-refractivity contribution in [1.29, 1.82) is 0 Å². The van der Waals surface area contributed by atoms with Crippen LogP contribution in [-0.4, -0.2) is 22.7 Å². The maximum atomic E-state index is 10.7. The van der Waals surface area contributed by atoms with Crippen molar-refractivity contribution in [3.8, 4) is 28.3 Å². The van der Waals surface area contributed by atoms with Crippen LogP contribution in [-0.2, 0) is 10.5 Å². The third-order valence-electron chi connectivity index (χ3n) is 5.28. The second-order valence-electron chi connectivity index (χ2n) is 7.86. The molecule has 0 spiro atoms.